The van der Waals surface area contributed by atoms with E-state index < -0.39 is 5.82 Å². The van der Waals surface area contributed by atoms with Gasteiger partial charge in [0.1, 0.15) is 5.52 Å². The van der Waals surface area contributed by atoms with Gasteiger partial charge in [-0.25, -0.2) is 14.2 Å². The number of benzene rings is 2. The second-order valence-corrected chi connectivity index (χ2v) is 9.27. The number of ether oxygens (including phenoxy) is 1. The van der Waals surface area contributed by atoms with Crippen LogP contribution < -0.4 is 10.6 Å². The van der Waals surface area contributed by atoms with Crippen molar-refractivity contribution in [1.82, 2.24) is 20.2 Å². The predicted molar refractivity (Wildman–Crippen MR) is 137 cm³/mol. The molecule has 0 saturated carbocycles. The zero-order chi connectivity index (χ0) is 24.2. The molecule has 1 aliphatic rings. The average molecular weight is 492 g/mol. The van der Waals surface area contributed by atoms with Gasteiger partial charge < -0.3 is 10.1 Å². The summed E-state index contributed by atoms with van der Waals surface area (Å²) in [7, 11) is 0. The van der Waals surface area contributed by atoms with Crippen LogP contribution in [0.2, 0.25) is 0 Å². The summed E-state index contributed by atoms with van der Waals surface area (Å²) in [6, 6.07) is 15.0. The Morgan fingerprint density at radius 2 is 1.94 bits per heavy atom. The standard InChI is InChI=1S/C26H26FN5O2S/c1-2-28-25(33)31-26-30-23-22(27)19(15-20(24(23)35-26)21-5-3-4-10-29-21)18-8-6-17(7-9-18)16-32-11-13-34-14-12-32/h3-10,15H,2,11-14,16H2,1H3,(H2,28,30,31,33). The van der Waals surface area contributed by atoms with Crippen LogP contribution in [-0.2, 0) is 11.3 Å². The van der Waals surface area contributed by atoms with Crippen LogP contribution in [0.4, 0.5) is 14.3 Å². The molecule has 0 aliphatic carbocycles. The lowest BCUT2D eigenvalue weighted by Crippen LogP contribution is -2.35. The van der Waals surface area contributed by atoms with E-state index in [1.165, 1.54) is 16.9 Å². The smallest absolute Gasteiger partial charge is 0.321 e. The first-order chi connectivity index (χ1) is 17.1. The Bertz CT molecular complexity index is 1320. The molecule has 2 aromatic heterocycles. The van der Waals surface area contributed by atoms with Crippen LogP contribution >= 0.6 is 11.3 Å². The van der Waals surface area contributed by atoms with Crippen LogP contribution in [0, 0.1) is 5.82 Å². The highest BCUT2D eigenvalue weighted by Gasteiger charge is 2.20. The van der Waals surface area contributed by atoms with Crippen molar-refractivity contribution in [3.8, 4) is 22.4 Å². The Morgan fingerprint density at radius 1 is 1.14 bits per heavy atom. The first kappa shape index (κ1) is 23.3. The van der Waals surface area contributed by atoms with Gasteiger partial charge in [-0.2, -0.15) is 0 Å². The quantitative estimate of drug-likeness (QED) is 0.391. The minimum absolute atomic E-state index is 0.220. The molecule has 2 amide bonds. The lowest BCUT2D eigenvalue weighted by atomic mass is 9.98. The number of pyridine rings is 1. The van der Waals surface area contributed by atoms with Gasteiger partial charge in [-0.3, -0.25) is 15.2 Å². The normalized spacial score (nSPS) is 14.2. The molecule has 5 rings (SSSR count). The third-order valence-electron chi connectivity index (χ3n) is 5.88. The number of fused-ring (bicyclic) bond motifs is 1. The van der Waals surface area contributed by atoms with Crippen LogP contribution in [-0.4, -0.2) is 53.7 Å². The van der Waals surface area contributed by atoms with Crippen molar-refractivity contribution in [2.45, 2.75) is 13.5 Å². The fourth-order valence-electron chi connectivity index (χ4n) is 4.14. The molecule has 0 unspecified atom stereocenters. The molecule has 35 heavy (non-hydrogen) atoms. The molecule has 2 aromatic carbocycles. The Balaban J connectivity index is 1.53. The van der Waals surface area contributed by atoms with E-state index in [4.69, 9.17) is 4.74 Å². The molecule has 0 spiro atoms. The number of anilines is 1. The van der Waals surface area contributed by atoms with E-state index in [-0.39, 0.29) is 11.5 Å². The Kier molecular flexibility index (Phi) is 6.98. The zero-order valence-corrected chi connectivity index (χ0v) is 20.2. The molecule has 0 radical (unpaired) electrons. The van der Waals surface area contributed by atoms with Crippen LogP contribution in [0.25, 0.3) is 32.6 Å². The number of rotatable bonds is 6. The highest BCUT2D eigenvalue weighted by Crippen LogP contribution is 2.40. The molecular formula is C26H26FN5O2S. The molecular weight excluding hydrogens is 465 g/mol. The van der Waals surface area contributed by atoms with Crippen molar-refractivity contribution in [2.24, 2.45) is 0 Å². The molecule has 180 valence electrons. The number of carbonyl (C=O) groups is 1. The second kappa shape index (κ2) is 10.5. The van der Waals surface area contributed by atoms with Gasteiger partial charge in [0.25, 0.3) is 0 Å². The summed E-state index contributed by atoms with van der Waals surface area (Å²) in [5, 5.41) is 5.70. The lowest BCUT2D eigenvalue weighted by molar-refractivity contribution is 0.0342. The molecule has 1 saturated heterocycles. The van der Waals surface area contributed by atoms with Gasteiger partial charge in [0, 0.05) is 43.5 Å². The summed E-state index contributed by atoms with van der Waals surface area (Å²) in [5.41, 5.74) is 4.10. The van der Waals surface area contributed by atoms with Gasteiger partial charge in [0.15, 0.2) is 10.9 Å². The van der Waals surface area contributed by atoms with Crippen LogP contribution in [0.15, 0.2) is 54.7 Å². The Labute approximate surface area is 207 Å². The minimum atomic E-state index is -0.416. The van der Waals surface area contributed by atoms with Crippen LogP contribution in [0.1, 0.15) is 12.5 Å². The number of nitrogens with zero attached hydrogens (tertiary/aromatic N) is 3. The number of aromatic nitrogens is 2. The Hall–Kier alpha value is -3.40. The molecule has 7 nitrogen and oxygen atoms in total. The number of thiazole rings is 1. The molecule has 1 fully saturated rings. The third kappa shape index (κ3) is 5.17. The summed E-state index contributed by atoms with van der Waals surface area (Å²) in [4.78, 5) is 23.3. The van der Waals surface area contributed by atoms with Crippen molar-refractivity contribution in [3.63, 3.8) is 0 Å². The van der Waals surface area contributed by atoms with E-state index in [1.54, 1.807) is 6.20 Å². The van der Waals surface area contributed by atoms with Crippen molar-refractivity contribution in [3.05, 3.63) is 66.1 Å². The summed E-state index contributed by atoms with van der Waals surface area (Å²) in [6.07, 6.45) is 1.71. The maximum absolute atomic E-state index is 15.8. The molecule has 2 N–H and O–H groups in total. The van der Waals surface area contributed by atoms with Gasteiger partial charge >= 0.3 is 6.03 Å². The zero-order valence-electron chi connectivity index (χ0n) is 19.4. The minimum Gasteiger partial charge on any atom is -0.379 e. The van der Waals surface area contributed by atoms with E-state index in [0.29, 0.717) is 21.9 Å². The highest BCUT2D eigenvalue weighted by atomic mass is 32.1. The predicted octanol–water partition coefficient (Wildman–Crippen LogP) is 5.14. The molecule has 0 atom stereocenters. The average Bonchev–Trinajstić information content (AvgIpc) is 3.30. The number of morpholine rings is 1. The number of hydrogen-bond acceptors (Lipinski definition) is 6. The van der Waals surface area contributed by atoms with Crippen molar-refractivity contribution < 1.29 is 13.9 Å². The summed E-state index contributed by atoms with van der Waals surface area (Å²) >= 11 is 1.23. The largest absolute Gasteiger partial charge is 0.379 e. The van der Waals surface area contributed by atoms with Gasteiger partial charge in [0.05, 0.1) is 23.6 Å². The van der Waals surface area contributed by atoms with E-state index in [1.807, 2.05) is 55.5 Å². The van der Waals surface area contributed by atoms with Gasteiger partial charge in [-0.1, -0.05) is 41.7 Å². The maximum atomic E-state index is 15.8. The summed E-state index contributed by atoms with van der Waals surface area (Å²) in [5.74, 6) is -0.416. The fraction of sp³-hybridized carbons (Fsp3) is 0.269. The van der Waals surface area contributed by atoms with Crippen molar-refractivity contribution in [2.75, 3.05) is 38.2 Å². The molecule has 3 heterocycles. The van der Waals surface area contributed by atoms with Gasteiger partial charge in [0.2, 0.25) is 0 Å². The van der Waals surface area contributed by atoms with Gasteiger partial charge in [-0.05, 0) is 36.2 Å². The van der Waals surface area contributed by atoms with Crippen LogP contribution in [0.5, 0.6) is 0 Å². The van der Waals surface area contributed by atoms with E-state index in [0.717, 1.165) is 49.7 Å². The fourth-order valence-corrected chi connectivity index (χ4v) is 5.12. The SMILES string of the molecule is CCNC(=O)Nc1nc2c(F)c(-c3ccc(CN4CCOCC4)cc3)cc(-c3ccccn3)c2s1. The molecule has 9 heteroatoms. The molecule has 4 aromatic rings. The monoisotopic (exact) mass is 491 g/mol. The number of nitrogens with one attached hydrogen (secondary N) is 2. The van der Waals surface area contributed by atoms with Crippen LogP contribution in [0.3, 0.4) is 0 Å². The molecule has 1 aliphatic heterocycles. The first-order valence-electron chi connectivity index (χ1n) is 11.6. The van der Waals surface area contributed by atoms with E-state index >= 15 is 4.39 Å². The third-order valence-corrected chi connectivity index (χ3v) is 6.88. The van der Waals surface area contributed by atoms with Gasteiger partial charge in [-0.15, -0.1) is 0 Å². The topological polar surface area (TPSA) is 79.4 Å². The highest BCUT2D eigenvalue weighted by molar-refractivity contribution is 7.22. The van der Waals surface area contributed by atoms with Crippen molar-refractivity contribution in [1.29, 1.82) is 0 Å². The first-order valence-corrected chi connectivity index (χ1v) is 12.4. The number of halogens is 1. The number of hydrogen-bond donors (Lipinski definition) is 2. The number of amides is 2. The summed E-state index contributed by atoms with van der Waals surface area (Å²) in [6.45, 7) is 6.48. The molecule has 0 bridgehead atoms. The number of urea groups is 1. The summed E-state index contributed by atoms with van der Waals surface area (Å²) < 4.78 is 21.9. The lowest BCUT2D eigenvalue weighted by Gasteiger charge is -2.26. The van der Waals surface area contributed by atoms with E-state index in [2.05, 4.69) is 25.5 Å². The Morgan fingerprint density at radius 3 is 2.66 bits per heavy atom. The second-order valence-electron chi connectivity index (χ2n) is 8.27. The number of carbonyl (C=O) groups excluding carboxylic acids is 1. The maximum Gasteiger partial charge on any atom is 0.321 e. The van der Waals surface area contributed by atoms with Crippen molar-refractivity contribution >= 4 is 32.7 Å². The van der Waals surface area contributed by atoms with E-state index in [9.17, 15) is 4.79 Å².